The summed E-state index contributed by atoms with van der Waals surface area (Å²) in [6.45, 7) is 0. The zero-order chi connectivity index (χ0) is 32.0. The summed E-state index contributed by atoms with van der Waals surface area (Å²) >= 11 is 0. The van der Waals surface area contributed by atoms with Crippen molar-refractivity contribution in [3.05, 3.63) is 157 Å². The minimum absolute atomic E-state index is 0.406. The molecule has 4 nitrogen and oxygen atoms in total. The Hall–Kier alpha value is -6.08. The molecule has 0 saturated carbocycles. The molecule has 7 heteroatoms. The molecule has 6 aromatic carbocycles. The van der Waals surface area contributed by atoms with Crippen molar-refractivity contribution in [1.29, 1.82) is 0 Å². The number of fused-ring (bicyclic) bond motifs is 3. The molecule has 8 aromatic rings. The lowest BCUT2D eigenvalue weighted by Crippen LogP contribution is -2.05. The normalized spacial score (nSPS) is 11.7. The van der Waals surface area contributed by atoms with E-state index in [9.17, 15) is 13.2 Å². The average Bonchev–Trinajstić information content (AvgIpc) is 3.46. The largest absolute Gasteiger partial charge is 0.416 e. The smallest absolute Gasteiger partial charge is 0.309 e. The quantitative estimate of drug-likeness (QED) is 0.193. The van der Waals surface area contributed by atoms with Gasteiger partial charge in [0, 0.05) is 27.5 Å². The van der Waals surface area contributed by atoms with Crippen molar-refractivity contribution in [2.75, 3.05) is 0 Å². The first kappa shape index (κ1) is 28.4. The molecule has 0 aliphatic rings. The molecule has 2 aromatic heterocycles. The minimum Gasteiger partial charge on any atom is -0.309 e. The van der Waals surface area contributed by atoms with Gasteiger partial charge in [0.15, 0.2) is 17.5 Å². The Labute approximate surface area is 268 Å². The molecule has 0 radical (unpaired) electrons. The molecule has 0 fully saturated rings. The summed E-state index contributed by atoms with van der Waals surface area (Å²) in [5, 5.41) is 2.17. The zero-order valence-electron chi connectivity index (χ0n) is 24.9. The lowest BCUT2D eigenvalue weighted by atomic mass is 9.99. The highest BCUT2D eigenvalue weighted by molar-refractivity contribution is 6.09. The SMILES string of the molecule is FC(F)(F)c1cccc(-c2ccc(-n3c4ccccc4c4ccccc43)c(-c3nc(-c4ccccc4)nc(-c4ccccc4)n3)c2)c1. The summed E-state index contributed by atoms with van der Waals surface area (Å²) in [6, 6.07) is 46.8. The Morgan fingerprint density at radius 2 is 0.915 bits per heavy atom. The van der Waals surface area contributed by atoms with Crippen LogP contribution in [0.4, 0.5) is 13.2 Å². The van der Waals surface area contributed by atoms with E-state index in [2.05, 4.69) is 28.8 Å². The van der Waals surface area contributed by atoms with E-state index in [0.717, 1.165) is 44.7 Å². The summed E-state index contributed by atoms with van der Waals surface area (Å²) in [7, 11) is 0. The van der Waals surface area contributed by atoms with Crippen molar-refractivity contribution in [3.8, 4) is 51.0 Å². The molecule has 226 valence electrons. The number of rotatable bonds is 5. The van der Waals surface area contributed by atoms with Crippen LogP contribution in [-0.2, 0) is 6.18 Å². The highest BCUT2D eigenvalue weighted by Crippen LogP contribution is 2.39. The summed E-state index contributed by atoms with van der Waals surface area (Å²) < 4.78 is 43.4. The minimum atomic E-state index is -4.47. The number of aromatic nitrogens is 4. The van der Waals surface area contributed by atoms with Crippen molar-refractivity contribution in [1.82, 2.24) is 19.5 Å². The summed E-state index contributed by atoms with van der Waals surface area (Å²) in [5.74, 6) is 1.39. The summed E-state index contributed by atoms with van der Waals surface area (Å²) in [4.78, 5) is 14.9. The molecule has 0 spiro atoms. The van der Waals surface area contributed by atoms with Crippen LogP contribution >= 0.6 is 0 Å². The van der Waals surface area contributed by atoms with Gasteiger partial charge in [0.2, 0.25) is 0 Å². The molecule has 0 aliphatic carbocycles. The highest BCUT2D eigenvalue weighted by atomic mass is 19.4. The second kappa shape index (κ2) is 11.4. The topological polar surface area (TPSA) is 43.6 Å². The molecule has 0 aliphatic heterocycles. The third-order valence-electron chi connectivity index (χ3n) is 8.28. The van der Waals surface area contributed by atoms with Crippen LogP contribution in [0.1, 0.15) is 5.56 Å². The van der Waals surface area contributed by atoms with Gasteiger partial charge in [0.25, 0.3) is 0 Å². The van der Waals surface area contributed by atoms with Crippen LogP contribution in [0.5, 0.6) is 0 Å². The van der Waals surface area contributed by atoms with Crippen LogP contribution in [-0.4, -0.2) is 19.5 Å². The average molecular weight is 619 g/mol. The van der Waals surface area contributed by atoms with E-state index in [1.807, 2.05) is 103 Å². The van der Waals surface area contributed by atoms with E-state index in [-0.39, 0.29) is 0 Å². The van der Waals surface area contributed by atoms with Crippen molar-refractivity contribution < 1.29 is 13.2 Å². The second-order valence-electron chi connectivity index (χ2n) is 11.2. The predicted molar refractivity (Wildman–Crippen MR) is 181 cm³/mol. The molecule has 0 atom stereocenters. The van der Waals surface area contributed by atoms with Crippen molar-refractivity contribution in [2.24, 2.45) is 0 Å². The first-order valence-corrected chi connectivity index (χ1v) is 15.1. The third-order valence-corrected chi connectivity index (χ3v) is 8.28. The van der Waals surface area contributed by atoms with Gasteiger partial charge in [-0.3, -0.25) is 0 Å². The van der Waals surface area contributed by atoms with Crippen LogP contribution in [0.15, 0.2) is 152 Å². The summed E-state index contributed by atoms with van der Waals surface area (Å²) in [5.41, 5.74) is 5.41. The zero-order valence-corrected chi connectivity index (χ0v) is 24.9. The van der Waals surface area contributed by atoms with Crippen molar-refractivity contribution in [3.63, 3.8) is 0 Å². The van der Waals surface area contributed by atoms with Crippen LogP contribution in [0.3, 0.4) is 0 Å². The fourth-order valence-electron chi connectivity index (χ4n) is 6.08. The molecule has 0 unspecified atom stereocenters. The van der Waals surface area contributed by atoms with Gasteiger partial charge >= 0.3 is 6.18 Å². The molecule has 0 bridgehead atoms. The van der Waals surface area contributed by atoms with E-state index in [1.54, 1.807) is 6.07 Å². The Balaban J connectivity index is 1.44. The Kier molecular flexibility index (Phi) is 6.87. The Morgan fingerprint density at radius 1 is 0.426 bits per heavy atom. The van der Waals surface area contributed by atoms with E-state index in [1.165, 1.54) is 12.1 Å². The third kappa shape index (κ3) is 5.21. The standard InChI is InChI=1S/C40H25F3N4/c41-40(42,43)30-17-11-16-28(24-30)29-22-23-36(47-34-20-9-7-18-31(34)32-19-8-10-21-35(32)47)33(25-29)39-45-37(26-12-3-1-4-13-26)44-38(46-39)27-14-5-2-6-15-27/h1-25H. The number of hydrogen-bond donors (Lipinski definition) is 0. The van der Waals surface area contributed by atoms with Crippen LogP contribution in [0.2, 0.25) is 0 Å². The maximum absolute atomic E-state index is 13.8. The Morgan fingerprint density at radius 3 is 1.49 bits per heavy atom. The number of hydrogen-bond acceptors (Lipinski definition) is 3. The molecular formula is C40H25F3N4. The van der Waals surface area contributed by atoms with Gasteiger partial charge < -0.3 is 4.57 Å². The molecule has 0 saturated heterocycles. The fourth-order valence-corrected chi connectivity index (χ4v) is 6.08. The maximum atomic E-state index is 13.8. The van der Waals surface area contributed by atoms with Gasteiger partial charge in [-0.05, 0) is 47.5 Å². The number of halogens is 3. The van der Waals surface area contributed by atoms with Gasteiger partial charge in [0.1, 0.15) is 0 Å². The van der Waals surface area contributed by atoms with Gasteiger partial charge in [-0.1, -0.05) is 115 Å². The van der Waals surface area contributed by atoms with E-state index < -0.39 is 11.7 Å². The van der Waals surface area contributed by atoms with Crippen molar-refractivity contribution >= 4 is 21.8 Å². The number of alkyl halides is 3. The predicted octanol–water partition coefficient (Wildman–Crippen LogP) is 10.7. The Bertz CT molecular complexity index is 2290. The molecule has 47 heavy (non-hydrogen) atoms. The first-order chi connectivity index (χ1) is 22.9. The van der Waals surface area contributed by atoms with Gasteiger partial charge in [0.05, 0.1) is 22.3 Å². The first-order valence-electron chi connectivity index (χ1n) is 15.1. The molecule has 0 amide bonds. The van der Waals surface area contributed by atoms with Gasteiger partial charge in [-0.25, -0.2) is 15.0 Å². The maximum Gasteiger partial charge on any atom is 0.416 e. The van der Waals surface area contributed by atoms with Gasteiger partial charge in [-0.2, -0.15) is 13.2 Å². The molecule has 2 heterocycles. The van der Waals surface area contributed by atoms with E-state index in [4.69, 9.17) is 15.0 Å². The van der Waals surface area contributed by atoms with Gasteiger partial charge in [-0.15, -0.1) is 0 Å². The van der Waals surface area contributed by atoms with E-state index >= 15 is 0 Å². The fraction of sp³-hybridized carbons (Fsp3) is 0.0250. The lowest BCUT2D eigenvalue weighted by molar-refractivity contribution is -0.137. The molecular weight excluding hydrogens is 593 g/mol. The van der Waals surface area contributed by atoms with Crippen molar-refractivity contribution in [2.45, 2.75) is 6.18 Å². The lowest BCUT2D eigenvalue weighted by Gasteiger charge is -2.17. The number of para-hydroxylation sites is 2. The monoisotopic (exact) mass is 618 g/mol. The van der Waals surface area contributed by atoms with Crippen LogP contribution in [0.25, 0.3) is 72.8 Å². The second-order valence-corrected chi connectivity index (χ2v) is 11.2. The molecule has 0 N–H and O–H groups in total. The van der Waals surface area contributed by atoms with Crippen LogP contribution in [0, 0.1) is 0 Å². The summed E-state index contributed by atoms with van der Waals surface area (Å²) in [6.07, 6.45) is -4.47. The van der Waals surface area contributed by atoms with Crippen LogP contribution < -0.4 is 0 Å². The van der Waals surface area contributed by atoms with E-state index in [0.29, 0.717) is 34.2 Å². The number of nitrogens with zero attached hydrogens (tertiary/aromatic N) is 4. The molecule has 8 rings (SSSR count). The highest BCUT2D eigenvalue weighted by Gasteiger charge is 2.30. The number of benzene rings is 6.